The molecule has 2 nitrogen and oxygen atoms in total. The third-order valence-corrected chi connectivity index (χ3v) is 1.92. The third kappa shape index (κ3) is 1.49. The van der Waals surface area contributed by atoms with Crippen LogP contribution in [0.4, 0.5) is 4.39 Å². The minimum atomic E-state index is -0.554. The zero-order valence-electron chi connectivity index (χ0n) is 5.93. The Morgan fingerprint density at radius 2 is 2.36 bits per heavy atom. The van der Waals surface area contributed by atoms with Crippen LogP contribution in [0, 0.1) is 12.7 Å². The first-order valence-corrected chi connectivity index (χ1v) is 3.45. The molecule has 1 aromatic heterocycles. The van der Waals surface area contributed by atoms with E-state index in [2.05, 4.69) is 4.98 Å². The van der Waals surface area contributed by atoms with E-state index in [0.29, 0.717) is 11.3 Å². The van der Waals surface area contributed by atoms with E-state index in [9.17, 15) is 4.39 Å². The van der Waals surface area contributed by atoms with Crippen LogP contribution in [0.1, 0.15) is 11.3 Å². The quantitative estimate of drug-likeness (QED) is 0.705. The van der Waals surface area contributed by atoms with Crippen LogP contribution in [0.5, 0.6) is 0 Å². The summed E-state index contributed by atoms with van der Waals surface area (Å²) in [6, 6.07) is 0. The molecule has 0 saturated carbocycles. The van der Waals surface area contributed by atoms with Gasteiger partial charge in [-0.3, -0.25) is 4.98 Å². The minimum absolute atomic E-state index is 0.0315. The van der Waals surface area contributed by atoms with Crippen molar-refractivity contribution in [3.63, 3.8) is 0 Å². The number of halogens is 2. The van der Waals surface area contributed by atoms with Gasteiger partial charge in [0.1, 0.15) is 0 Å². The number of aliphatic hydroxyl groups is 1. The van der Waals surface area contributed by atoms with Crippen LogP contribution in [-0.2, 0) is 6.61 Å². The Bertz CT molecular complexity index is 277. The van der Waals surface area contributed by atoms with Crippen molar-refractivity contribution < 1.29 is 9.50 Å². The van der Waals surface area contributed by atoms with Crippen LogP contribution in [0.25, 0.3) is 0 Å². The maximum atomic E-state index is 12.6. The van der Waals surface area contributed by atoms with Gasteiger partial charge in [-0.2, -0.15) is 0 Å². The Labute approximate surface area is 68.6 Å². The maximum absolute atomic E-state index is 12.6. The van der Waals surface area contributed by atoms with Crippen LogP contribution in [0.2, 0.25) is 5.02 Å². The van der Waals surface area contributed by atoms with Gasteiger partial charge in [0.25, 0.3) is 0 Å². The average molecular weight is 176 g/mol. The fraction of sp³-hybridized carbons (Fsp3) is 0.286. The Morgan fingerprint density at radius 1 is 1.73 bits per heavy atom. The molecule has 0 radical (unpaired) electrons. The van der Waals surface area contributed by atoms with Gasteiger partial charge in [0.05, 0.1) is 23.5 Å². The summed E-state index contributed by atoms with van der Waals surface area (Å²) < 4.78 is 12.6. The first-order valence-electron chi connectivity index (χ1n) is 3.07. The summed E-state index contributed by atoms with van der Waals surface area (Å²) in [4.78, 5) is 3.65. The zero-order valence-corrected chi connectivity index (χ0v) is 6.69. The largest absolute Gasteiger partial charge is 0.390 e. The van der Waals surface area contributed by atoms with Crippen LogP contribution in [-0.4, -0.2) is 10.1 Å². The predicted octanol–water partition coefficient (Wildman–Crippen LogP) is 1.67. The Hall–Kier alpha value is -0.670. The number of nitrogens with zero attached hydrogens (tertiary/aromatic N) is 1. The molecule has 60 valence electrons. The van der Waals surface area contributed by atoms with E-state index in [1.54, 1.807) is 6.92 Å². The van der Waals surface area contributed by atoms with E-state index < -0.39 is 5.82 Å². The second-order valence-corrected chi connectivity index (χ2v) is 2.53. The van der Waals surface area contributed by atoms with Crippen LogP contribution in [0.15, 0.2) is 6.20 Å². The van der Waals surface area contributed by atoms with Gasteiger partial charge in [-0.25, -0.2) is 4.39 Å². The molecule has 1 N–H and O–H groups in total. The molecule has 1 aromatic rings. The van der Waals surface area contributed by atoms with Crippen molar-refractivity contribution in [2.75, 3.05) is 0 Å². The lowest BCUT2D eigenvalue weighted by molar-refractivity contribution is 0.275. The molecule has 0 fully saturated rings. The molecule has 11 heavy (non-hydrogen) atoms. The lowest BCUT2D eigenvalue weighted by Crippen LogP contribution is -1.96. The van der Waals surface area contributed by atoms with Crippen molar-refractivity contribution in [1.82, 2.24) is 4.98 Å². The molecule has 0 atom stereocenters. The van der Waals surface area contributed by atoms with E-state index in [1.807, 2.05) is 0 Å². The van der Waals surface area contributed by atoms with E-state index >= 15 is 0 Å². The number of hydrogen-bond acceptors (Lipinski definition) is 2. The van der Waals surface area contributed by atoms with Crippen molar-refractivity contribution in [1.29, 1.82) is 0 Å². The molecule has 1 heterocycles. The Morgan fingerprint density at radius 3 is 2.91 bits per heavy atom. The van der Waals surface area contributed by atoms with Crippen molar-refractivity contribution in [3.05, 3.63) is 28.3 Å². The van der Waals surface area contributed by atoms with Gasteiger partial charge in [0.2, 0.25) is 0 Å². The second-order valence-electron chi connectivity index (χ2n) is 2.15. The van der Waals surface area contributed by atoms with Gasteiger partial charge in [-0.15, -0.1) is 0 Å². The molecule has 0 amide bonds. The molecule has 0 unspecified atom stereocenters. The SMILES string of the molecule is Cc1c(CO)ncc(F)c1Cl. The molecule has 0 aromatic carbocycles. The highest BCUT2D eigenvalue weighted by Crippen LogP contribution is 2.20. The smallest absolute Gasteiger partial charge is 0.160 e. The maximum Gasteiger partial charge on any atom is 0.160 e. The lowest BCUT2D eigenvalue weighted by Gasteiger charge is -2.02. The number of hydrogen-bond donors (Lipinski definition) is 1. The van der Waals surface area contributed by atoms with Crippen molar-refractivity contribution in [3.8, 4) is 0 Å². The molecule has 0 aliphatic heterocycles. The fourth-order valence-corrected chi connectivity index (χ4v) is 0.911. The molecule has 1 rings (SSSR count). The summed E-state index contributed by atoms with van der Waals surface area (Å²) in [5, 5.41) is 8.72. The summed E-state index contributed by atoms with van der Waals surface area (Å²) in [5.74, 6) is -0.554. The predicted molar refractivity (Wildman–Crippen MR) is 39.9 cm³/mol. The van der Waals surface area contributed by atoms with Crippen molar-refractivity contribution >= 4 is 11.6 Å². The van der Waals surface area contributed by atoms with Gasteiger partial charge in [0.15, 0.2) is 5.82 Å². The topological polar surface area (TPSA) is 33.1 Å². The molecule has 0 saturated heterocycles. The molecule has 0 bridgehead atoms. The molecule has 0 aliphatic rings. The van der Waals surface area contributed by atoms with E-state index in [-0.39, 0.29) is 11.6 Å². The van der Waals surface area contributed by atoms with Crippen LogP contribution in [0.3, 0.4) is 0 Å². The summed E-state index contributed by atoms with van der Waals surface area (Å²) in [6.07, 6.45) is 1.00. The normalized spacial score (nSPS) is 10.2. The Kier molecular flexibility index (Phi) is 2.42. The highest BCUT2D eigenvalue weighted by molar-refractivity contribution is 6.31. The lowest BCUT2D eigenvalue weighted by atomic mass is 10.2. The van der Waals surface area contributed by atoms with Gasteiger partial charge >= 0.3 is 0 Å². The number of pyridine rings is 1. The standard InChI is InChI=1S/C7H7ClFNO/c1-4-6(3-11)10-2-5(9)7(4)8/h2,11H,3H2,1H3. The number of rotatable bonds is 1. The minimum Gasteiger partial charge on any atom is -0.390 e. The molecular formula is C7H7ClFNO. The van der Waals surface area contributed by atoms with Gasteiger partial charge in [-0.05, 0) is 12.5 Å². The molecular weight excluding hydrogens is 169 g/mol. The van der Waals surface area contributed by atoms with E-state index in [0.717, 1.165) is 6.20 Å². The highest BCUT2D eigenvalue weighted by atomic mass is 35.5. The number of aliphatic hydroxyl groups excluding tert-OH is 1. The zero-order chi connectivity index (χ0) is 8.43. The van der Waals surface area contributed by atoms with Crippen LogP contribution < -0.4 is 0 Å². The molecule has 4 heteroatoms. The first kappa shape index (κ1) is 8.43. The average Bonchev–Trinajstić information content (AvgIpc) is 2.01. The number of aromatic nitrogens is 1. The molecule has 0 aliphatic carbocycles. The summed E-state index contributed by atoms with van der Waals surface area (Å²) in [7, 11) is 0. The molecule has 0 spiro atoms. The third-order valence-electron chi connectivity index (χ3n) is 1.46. The van der Waals surface area contributed by atoms with Crippen LogP contribution >= 0.6 is 11.6 Å². The summed E-state index contributed by atoms with van der Waals surface area (Å²) >= 11 is 5.54. The van der Waals surface area contributed by atoms with Gasteiger partial charge in [-0.1, -0.05) is 11.6 Å². The van der Waals surface area contributed by atoms with Gasteiger partial charge in [0, 0.05) is 0 Å². The van der Waals surface area contributed by atoms with Crippen molar-refractivity contribution in [2.24, 2.45) is 0 Å². The van der Waals surface area contributed by atoms with Gasteiger partial charge < -0.3 is 5.11 Å². The van der Waals surface area contributed by atoms with E-state index in [4.69, 9.17) is 16.7 Å². The monoisotopic (exact) mass is 175 g/mol. The second kappa shape index (κ2) is 3.15. The Balaban J connectivity index is 3.25. The fourth-order valence-electron chi connectivity index (χ4n) is 0.753. The van der Waals surface area contributed by atoms with E-state index in [1.165, 1.54) is 0 Å². The summed E-state index contributed by atoms with van der Waals surface area (Å²) in [5.41, 5.74) is 0.908. The first-order chi connectivity index (χ1) is 5.16. The van der Waals surface area contributed by atoms with Crippen molar-refractivity contribution in [2.45, 2.75) is 13.5 Å². The summed E-state index contributed by atoms with van der Waals surface area (Å²) in [6.45, 7) is 1.40. The highest BCUT2D eigenvalue weighted by Gasteiger charge is 2.07.